The SMILES string of the molecule is CCCOc1ccc(/C=C/C(=O)Nc2ccccc2OCC(F)(F)F)cc1OC. The molecule has 1 N–H and O–H groups in total. The molecule has 0 aliphatic rings. The van der Waals surface area contributed by atoms with Crippen LogP contribution < -0.4 is 19.5 Å². The summed E-state index contributed by atoms with van der Waals surface area (Å²) in [6, 6.07) is 11.1. The number of nitrogens with one attached hydrogen (secondary N) is 1. The summed E-state index contributed by atoms with van der Waals surface area (Å²) in [5.74, 6) is 0.558. The van der Waals surface area contributed by atoms with Crippen LogP contribution in [0.3, 0.4) is 0 Å². The smallest absolute Gasteiger partial charge is 0.422 e. The fourth-order valence-corrected chi connectivity index (χ4v) is 2.32. The minimum Gasteiger partial charge on any atom is -0.493 e. The van der Waals surface area contributed by atoms with Crippen LogP contribution in [0.4, 0.5) is 18.9 Å². The predicted molar refractivity (Wildman–Crippen MR) is 104 cm³/mol. The first-order chi connectivity index (χ1) is 13.8. The molecule has 5 nitrogen and oxygen atoms in total. The first-order valence-corrected chi connectivity index (χ1v) is 8.91. The summed E-state index contributed by atoms with van der Waals surface area (Å²) >= 11 is 0. The molecule has 2 aromatic rings. The van der Waals surface area contributed by atoms with Crippen LogP contribution in [0.1, 0.15) is 18.9 Å². The average molecular weight is 409 g/mol. The van der Waals surface area contributed by atoms with Gasteiger partial charge < -0.3 is 19.5 Å². The highest BCUT2D eigenvalue weighted by molar-refractivity contribution is 6.02. The number of halogens is 3. The van der Waals surface area contributed by atoms with Gasteiger partial charge in [0, 0.05) is 6.08 Å². The van der Waals surface area contributed by atoms with Crippen molar-refractivity contribution in [2.45, 2.75) is 19.5 Å². The zero-order valence-corrected chi connectivity index (χ0v) is 16.1. The van der Waals surface area contributed by atoms with Gasteiger partial charge in [-0.05, 0) is 42.3 Å². The fourth-order valence-electron chi connectivity index (χ4n) is 2.32. The standard InChI is InChI=1S/C21H22F3NO4/c1-3-12-28-18-10-8-15(13-19(18)27-2)9-11-20(26)25-16-6-4-5-7-17(16)29-14-21(22,23)24/h4-11,13H,3,12,14H2,1-2H3,(H,25,26)/b11-9+. The molecule has 0 aromatic heterocycles. The Labute approximate surface area is 167 Å². The fraction of sp³-hybridized carbons (Fsp3) is 0.286. The molecule has 0 saturated carbocycles. The van der Waals surface area contributed by atoms with Crippen molar-refractivity contribution in [1.82, 2.24) is 0 Å². The number of hydrogen-bond acceptors (Lipinski definition) is 4. The lowest BCUT2D eigenvalue weighted by Gasteiger charge is -2.13. The summed E-state index contributed by atoms with van der Waals surface area (Å²) in [6.07, 6.45) is -0.787. The highest BCUT2D eigenvalue weighted by atomic mass is 19.4. The van der Waals surface area contributed by atoms with Crippen molar-refractivity contribution in [3.8, 4) is 17.2 Å². The first-order valence-electron chi connectivity index (χ1n) is 8.91. The zero-order valence-electron chi connectivity index (χ0n) is 16.1. The maximum Gasteiger partial charge on any atom is 0.422 e. The number of alkyl halides is 3. The molecule has 156 valence electrons. The molecule has 0 fully saturated rings. The predicted octanol–water partition coefficient (Wildman–Crippen LogP) is 5.08. The van der Waals surface area contributed by atoms with E-state index in [4.69, 9.17) is 14.2 Å². The Kier molecular flexibility index (Phi) is 7.94. The van der Waals surface area contributed by atoms with Crippen LogP contribution in [0.25, 0.3) is 6.08 Å². The van der Waals surface area contributed by atoms with Crippen molar-refractivity contribution in [3.05, 3.63) is 54.1 Å². The van der Waals surface area contributed by atoms with Gasteiger partial charge in [0.2, 0.25) is 5.91 Å². The van der Waals surface area contributed by atoms with Gasteiger partial charge in [-0.25, -0.2) is 0 Å². The summed E-state index contributed by atoms with van der Waals surface area (Å²) in [7, 11) is 1.52. The van der Waals surface area contributed by atoms with Crippen LogP contribution in [-0.2, 0) is 4.79 Å². The highest BCUT2D eigenvalue weighted by Gasteiger charge is 2.28. The maximum atomic E-state index is 12.4. The molecule has 29 heavy (non-hydrogen) atoms. The molecule has 0 saturated heterocycles. The molecule has 0 bridgehead atoms. The second-order valence-electron chi connectivity index (χ2n) is 5.98. The summed E-state index contributed by atoms with van der Waals surface area (Å²) in [6.45, 7) is 1.11. The van der Waals surface area contributed by atoms with E-state index in [-0.39, 0.29) is 11.4 Å². The number of amides is 1. The number of ether oxygens (including phenoxy) is 3. The van der Waals surface area contributed by atoms with Crippen LogP contribution in [0.15, 0.2) is 48.5 Å². The summed E-state index contributed by atoms with van der Waals surface area (Å²) in [5, 5.41) is 2.51. The van der Waals surface area contributed by atoms with Gasteiger partial charge in [-0.3, -0.25) is 4.79 Å². The average Bonchev–Trinajstić information content (AvgIpc) is 2.69. The molecule has 0 unspecified atom stereocenters. The number of methoxy groups -OCH3 is 1. The van der Waals surface area contributed by atoms with Crippen molar-refractivity contribution in [2.75, 3.05) is 25.6 Å². The van der Waals surface area contributed by atoms with E-state index in [0.717, 1.165) is 6.42 Å². The third-order valence-corrected chi connectivity index (χ3v) is 3.61. The Morgan fingerprint density at radius 2 is 1.83 bits per heavy atom. The molecule has 1 amide bonds. The van der Waals surface area contributed by atoms with Crippen LogP contribution in [0, 0.1) is 0 Å². The molecule has 0 heterocycles. The second-order valence-corrected chi connectivity index (χ2v) is 5.98. The van der Waals surface area contributed by atoms with Gasteiger partial charge >= 0.3 is 6.18 Å². The lowest BCUT2D eigenvalue weighted by molar-refractivity contribution is -0.153. The number of rotatable bonds is 9. The number of carbonyl (C=O) groups is 1. The van der Waals surface area contributed by atoms with Crippen molar-refractivity contribution in [3.63, 3.8) is 0 Å². The number of para-hydroxylation sites is 2. The van der Waals surface area contributed by atoms with Crippen LogP contribution in [-0.4, -0.2) is 32.4 Å². The quantitative estimate of drug-likeness (QED) is 0.587. The van der Waals surface area contributed by atoms with Gasteiger partial charge in [0.1, 0.15) is 5.75 Å². The monoisotopic (exact) mass is 409 g/mol. The molecule has 2 rings (SSSR count). The third-order valence-electron chi connectivity index (χ3n) is 3.61. The van der Waals surface area contributed by atoms with E-state index in [2.05, 4.69) is 5.32 Å². The molecule has 8 heteroatoms. The second kappa shape index (κ2) is 10.4. The molecule has 2 aromatic carbocycles. The van der Waals surface area contributed by atoms with E-state index in [9.17, 15) is 18.0 Å². The lowest BCUT2D eigenvalue weighted by atomic mass is 10.2. The number of carbonyl (C=O) groups excluding carboxylic acids is 1. The Hall–Kier alpha value is -3.16. The van der Waals surface area contributed by atoms with E-state index >= 15 is 0 Å². The molecule has 0 aliphatic carbocycles. The molecule has 0 aliphatic heterocycles. The Bertz CT molecular complexity index is 850. The molecule has 0 spiro atoms. The van der Waals surface area contributed by atoms with E-state index in [1.165, 1.54) is 31.4 Å². The summed E-state index contributed by atoms with van der Waals surface area (Å²) < 4.78 is 52.7. The van der Waals surface area contributed by atoms with E-state index in [1.54, 1.807) is 30.3 Å². The lowest BCUT2D eigenvalue weighted by Crippen LogP contribution is -2.20. The van der Waals surface area contributed by atoms with Gasteiger partial charge in [0.15, 0.2) is 18.1 Å². The molecular weight excluding hydrogens is 387 g/mol. The van der Waals surface area contributed by atoms with Crippen molar-refractivity contribution < 1.29 is 32.2 Å². The topological polar surface area (TPSA) is 56.8 Å². The zero-order chi connectivity index (χ0) is 21.3. The third kappa shape index (κ3) is 7.40. The Balaban J connectivity index is 2.05. The maximum absolute atomic E-state index is 12.4. The van der Waals surface area contributed by atoms with Crippen molar-refractivity contribution in [2.24, 2.45) is 0 Å². The minimum atomic E-state index is -4.47. The molecule has 0 atom stereocenters. The van der Waals surface area contributed by atoms with Crippen LogP contribution in [0.2, 0.25) is 0 Å². The number of benzene rings is 2. The van der Waals surface area contributed by atoms with Crippen LogP contribution >= 0.6 is 0 Å². The summed E-state index contributed by atoms with van der Waals surface area (Å²) in [4.78, 5) is 12.2. The van der Waals surface area contributed by atoms with E-state index < -0.39 is 18.7 Å². The first kappa shape index (κ1) is 22.1. The van der Waals surface area contributed by atoms with Crippen LogP contribution in [0.5, 0.6) is 17.2 Å². The van der Waals surface area contributed by atoms with E-state index in [0.29, 0.717) is 23.7 Å². The molecule has 0 radical (unpaired) electrons. The van der Waals surface area contributed by atoms with Crippen molar-refractivity contribution >= 4 is 17.7 Å². The van der Waals surface area contributed by atoms with Gasteiger partial charge in [-0.1, -0.05) is 25.1 Å². The van der Waals surface area contributed by atoms with Gasteiger partial charge in [0.25, 0.3) is 0 Å². The Morgan fingerprint density at radius 1 is 1.07 bits per heavy atom. The van der Waals surface area contributed by atoms with Gasteiger partial charge in [-0.2, -0.15) is 13.2 Å². The minimum absolute atomic E-state index is 0.0642. The number of anilines is 1. The van der Waals surface area contributed by atoms with Crippen molar-refractivity contribution in [1.29, 1.82) is 0 Å². The van der Waals surface area contributed by atoms with E-state index in [1.807, 2.05) is 6.92 Å². The normalized spacial score (nSPS) is 11.3. The number of hydrogen-bond donors (Lipinski definition) is 1. The summed E-state index contributed by atoms with van der Waals surface area (Å²) in [5.41, 5.74) is 0.842. The highest BCUT2D eigenvalue weighted by Crippen LogP contribution is 2.29. The Morgan fingerprint density at radius 3 is 2.52 bits per heavy atom. The van der Waals surface area contributed by atoms with Gasteiger partial charge in [-0.15, -0.1) is 0 Å². The molecular formula is C21H22F3NO4. The van der Waals surface area contributed by atoms with Gasteiger partial charge in [0.05, 0.1) is 19.4 Å². The largest absolute Gasteiger partial charge is 0.493 e.